The summed E-state index contributed by atoms with van der Waals surface area (Å²) in [6.45, 7) is 1.60. The van der Waals surface area contributed by atoms with Crippen molar-refractivity contribution in [1.29, 1.82) is 0 Å². The standard InChI is InChI=1S/C16H16N4O4/c1-8-14(15(21)19-18-8)10(16(22)23)6-13(20-24)11-7-17-12-5-3-2-4-9(11)12/h2-5,7,10,14,17,24H,6H2,1H3,(H,19,21)(H,22,23). The summed E-state index contributed by atoms with van der Waals surface area (Å²) in [6, 6.07) is 7.41. The molecule has 2 unspecified atom stereocenters. The Bertz CT molecular complexity index is 868. The van der Waals surface area contributed by atoms with Crippen LogP contribution in [0.1, 0.15) is 18.9 Å². The van der Waals surface area contributed by atoms with Crippen molar-refractivity contribution in [3.63, 3.8) is 0 Å². The van der Waals surface area contributed by atoms with Gasteiger partial charge in [0.2, 0.25) is 5.91 Å². The number of nitrogens with zero attached hydrogens (tertiary/aromatic N) is 2. The van der Waals surface area contributed by atoms with Gasteiger partial charge in [-0.15, -0.1) is 0 Å². The first-order valence-electron chi connectivity index (χ1n) is 7.37. The number of benzene rings is 1. The second kappa shape index (κ2) is 6.15. The number of carbonyl (C=O) groups is 2. The number of nitrogens with one attached hydrogen (secondary N) is 2. The highest BCUT2D eigenvalue weighted by molar-refractivity contribution is 6.14. The highest BCUT2D eigenvalue weighted by Crippen LogP contribution is 2.27. The summed E-state index contributed by atoms with van der Waals surface area (Å²) < 4.78 is 0. The molecule has 0 aliphatic carbocycles. The molecule has 1 aliphatic rings. The number of hydrogen-bond donors (Lipinski definition) is 4. The number of rotatable bonds is 5. The van der Waals surface area contributed by atoms with E-state index in [2.05, 4.69) is 20.7 Å². The van der Waals surface area contributed by atoms with E-state index in [4.69, 9.17) is 0 Å². The highest BCUT2D eigenvalue weighted by Gasteiger charge is 2.40. The summed E-state index contributed by atoms with van der Waals surface area (Å²) in [4.78, 5) is 26.6. The Balaban J connectivity index is 1.95. The molecule has 124 valence electrons. The van der Waals surface area contributed by atoms with Gasteiger partial charge in [0.25, 0.3) is 0 Å². The number of carbonyl (C=O) groups excluding carboxylic acids is 1. The van der Waals surface area contributed by atoms with E-state index in [1.165, 1.54) is 0 Å². The third-order valence-electron chi connectivity index (χ3n) is 4.23. The predicted molar refractivity (Wildman–Crippen MR) is 87.1 cm³/mol. The number of aromatic amines is 1. The van der Waals surface area contributed by atoms with Gasteiger partial charge in [-0.1, -0.05) is 23.4 Å². The lowest BCUT2D eigenvalue weighted by Crippen LogP contribution is -2.36. The van der Waals surface area contributed by atoms with Crippen LogP contribution >= 0.6 is 0 Å². The Morgan fingerprint density at radius 1 is 1.42 bits per heavy atom. The summed E-state index contributed by atoms with van der Waals surface area (Å²) in [5, 5.41) is 26.9. The summed E-state index contributed by atoms with van der Waals surface area (Å²) >= 11 is 0. The van der Waals surface area contributed by atoms with E-state index in [1.54, 1.807) is 13.1 Å². The molecule has 24 heavy (non-hydrogen) atoms. The molecule has 0 saturated heterocycles. The van der Waals surface area contributed by atoms with Crippen LogP contribution in [0.3, 0.4) is 0 Å². The molecule has 2 heterocycles. The van der Waals surface area contributed by atoms with Crippen LogP contribution in [-0.4, -0.2) is 38.6 Å². The molecule has 8 heteroatoms. The van der Waals surface area contributed by atoms with Crippen LogP contribution in [-0.2, 0) is 9.59 Å². The second-order valence-electron chi connectivity index (χ2n) is 5.65. The van der Waals surface area contributed by atoms with Gasteiger partial charge in [-0.05, 0) is 13.0 Å². The van der Waals surface area contributed by atoms with Crippen LogP contribution in [0.2, 0.25) is 0 Å². The maximum atomic E-state index is 11.9. The first-order valence-corrected chi connectivity index (χ1v) is 7.37. The lowest BCUT2D eigenvalue weighted by molar-refractivity contribution is -0.145. The number of fused-ring (bicyclic) bond motifs is 1. The first kappa shape index (κ1) is 15.7. The van der Waals surface area contributed by atoms with Crippen molar-refractivity contribution in [2.75, 3.05) is 0 Å². The Hall–Kier alpha value is -3.16. The predicted octanol–water partition coefficient (Wildman–Crippen LogP) is 1.56. The number of hydrazone groups is 1. The molecular formula is C16H16N4O4. The summed E-state index contributed by atoms with van der Waals surface area (Å²) in [7, 11) is 0. The Morgan fingerprint density at radius 2 is 2.17 bits per heavy atom. The molecule has 1 aliphatic heterocycles. The third-order valence-corrected chi connectivity index (χ3v) is 4.23. The largest absolute Gasteiger partial charge is 0.481 e. The highest BCUT2D eigenvalue weighted by atomic mass is 16.4. The number of aromatic nitrogens is 1. The lowest BCUT2D eigenvalue weighted by Gasteiger charge is -2.18. The van der Waals surface area contributed by atoms with Crippen molar-refractivity contribution in [1.82, 2.24) is 10.4 Å². The van der Waals surface area contributed by atoms with E-state index in [9.17, 15) is 19.9 Å². The summed E-state index contributed by atoms with van der Waals surface area (Å²) in [5.74, 6) is -3.57. The molecule has 2 aromatic rings. The summed E-state index contributed by atoms with van der Waals surface area (Å²) in [5.41, 5.74) is 4.34. The van der Waals surface area contributed by atoms with Crippen LogP contribution in [0.15, 0.2) is 40.7 Å². The molecule has 2 atom stereocenters. The zero-order chi connectivity index (χ0) is 17.3. The van der Waals surface area contributed by atoms with Gasteiger partial charge >= 0.3 is 5.97 Å². The zero-order valence-corrected chi connectivity index (χ0v) is 12.9. The van der Waals surface area contributed by atoms with E-state index in [0.717, 1.165) is 10.9 Å². The van der Waals surface area contributed by atoms with Crippen molar-refractivity contribution in [3.8, 4) is 0 Å². The van der Waals surface area contributed by atoms with E-state index >= 15 is 0 Å². The summed E-state index contributed by atoms with van der Waals surface area (Å²) in [6.07, 6.45) is 1.56. The van der Waals surface area contributed by atoms with Gasteiger partial charge in [-0.3, -0.25) is 9.59 Å². The number of carboxylic acid groups (broad SMARTS) is 1. The normalized spacial score (nSPS) is 19.2. The molecule has 0 radical (unpaired) electrons. The smallest absolute Gasteiger partial charge is 0.308 e. The number of H-pyrrole nitrogens is 1. The first-order chi connectivity index (χ1) is 11.5. The Kier molecular flexibility index (Phi) is 4.03. The number of hydrogen-bond acceptors (Lipinski definition) is 5. The van der Waals surface area contributed by atoms with Crippen LogP contribution in [0, 0.1) is 11.8 Å². The monoisotopic (exact) mass is 328 g/mol. The minimum absolute atomic E-state index is 0.0986. The van der Waals surface area contributed by atoms with Gasteiger partial charge in [-0.25, -0.2) is 5.43 Å². The van der Waals surface area contributed by atoms with Gasteiger partial charge in [0.1, 0.15) is 0 Å². The minimum Gasteiger partial charge on any atom is -0.481 e. The molecule has 4 N–H and O–H groups in total. The fraction of sp³-hybridized carbons (Fsp3) is 0.250. The molecule has 1 amide bonds. The van der Waals surface area contributed by atoms with E-state index in [-0.39, 0.29) is 12.1 Å². The lowest BCUT2D eigenvalue weighted by atomic mass is 9.83. The van der Waals surface area contributed by atoms with Crippen molar-refractivity contribution in [2.24, 2.45) is 22.1 Å². The molecule has 1 aromatic carbocycles. The zero-order valence-electron chi connectivity index (χ0n) is 12.9. The van der Waals surface area contributed by atoms with Gasteiger partial charge in [0, 0.05) is 34.8 Å². The maximum absolute atomic E-state index is 11.9. The van der Waals surface area contributed by atoms with Gasteiger partial charge in [0.15, 0.2) is 0 Å². The molecule has 0 saturated carbocycles. The molecular weight excluding hydrogens is 312 g/mol. The molecule has 0 bridgehead atoms. The molecule has 3 rings (SSSR count). The molecule has 1 aromatic heterocycles. The maximum Gasteiger partial charge on any atom is 0.308 e. The topological polar surface area (TPSA) is 127 Å². The van der Waals surface area contributed by atoms with E-state index in [1.807, 2.05) is 24.3 Å². The van der Waals surface area contributed by atoms with E-state index in [0.29, 0.717) is 11.3 Å². The minimum atomic E-state index is -1.15. The van der Waals surface area contributed by atoms with Crippen molar-refractivity contribution < 1.29 is 19.9 Å². The molecule has 0 spiro atoms. The fourth-order valence-electron chi connectivity index (χ4n) is 3.02. The van der Waals surface area contributed by atoms with Gasteiger partial charge < -0.3 is 15.3 Å². The molecule has 0 fully saturated rings. The van der Waals surface area contributed by atoms with Gasteiger partial charge in [-0.2, -0.15) is 5.10 Å². The number of carboxylic acids is 1. The third kappa shape index (κ3) is 2.62. The Morgan fingerprint density at radius 3 is 2.79 bits per heavy atom. The van der Waals surface area contributed by atoms with Crippen molar-refractivity contribution in [3.05, 3.63) is 36.0 Å². The van der Waals surface area contributed by atoms with Crippen LogP contribution in [0.5, 0.6) is 0 Å². The van der Waals surface area contributed by atoms with Crippen LogP contribution < -0.4 is 5.43 Å². The van der Waals surface area contributed by atoms with E-state index < -0.39 is 23.7 Å². The Labute approximate surface area is 136 Å². The number of oxime groups is 1. The number of aliphatic carboxylic acids is 1. The van der Waals surface area contributed by atoms with Crippen LogP contribution in [0.25, 0.3) is 10.9 Å². The SMILES string of the molecule is CC1=NNC(=O)C1C(CC(=NO)c1c[nH]c2ccccc12)C(=O)O. The van der Waals surface area contributed by atoms with Crippen LogP contribution in [0.4, 0.5) is 0 Å². The second-order valence-corrected chi connectivity index (χ2v) is 5.65. The fourth-order valence-corrected chi connectivity index (χ4v) is 3.02. The number of amides is 1. The average molecular weight is 328 g/mol. The quantitative estimate of drug-likeness (QED) is 0.377. The van der Waals surface area contributed by atoms with Crippen molar-refractivity contribution in [2.45, 2.75) is 13.3 Å². The average Bonchev–Trinajstić information content (AvgIpc) is 3.13. The molecule has 8 nitrogen and oxygen atoms in total. The van der Waals surface area contributed by atoms with Gasteiger partial charge in [0.05, 0.1) is 17.5 Å². The van der Waals surface area contributed by atoms with Crippen molar-refractivity contribution >= 4 is 34.2 Å². The number of para-hydroxylation sites is 1.